The number of carbonyl (C=O) groups is 3. The third kappa shape index (κ3) is 2.88. The number of rotatable bonds is 3. The summed E-state index contributed by atoms with van der Waals surface area (Å²) in [5, 5.41) is 2.89. The molecule has 2 aliphatic heterocycles. The van der Waals surface area contributed by atoms with Crippen molar-refractivity contribution >= 4 is 29.3 Å². The van der Waals surface area contributed by atoms with Gasteiger partial charge in [-0.05, 0) is 12.1 Å². The van der Waals surface area contributed by atoms with Crippen LogP contribution in [0.3, 0.4) is 0 Å². The second-order valence-electron chi connectivity index (χ2n) is 5.76. The van der Waals surface area contributed by atoms with Crippen LogP contribution in [0, 0.1) is 5.92 Å². The molecule has 23 heavy (non-hydrogen) atoms. The van der Waals surface area contributed by atoms with E-state index in [0.29, 0.717) is 24.7 Å². The minimum atomic E-state index is -0.303. The number of halogens is 1. The van der Waals surface area contributed by atoms with Crippen molar-refractivity contribution in [1.29, 1.82) is 0 Å². The Balaban J connectivity index is 1.59. The maximum atomic E-state index is 12.3. The second kappa shape index (κ2) is 6.16. The summed E-state index contributed by atoms with van der Waals surface area (Å²) in [5.74, 6) is -0.691. The molecule has 0 saturated carbocycles. The third-order valence-corrected chi connectivity index (χ3v) is 4.63. The van der Waals surface area contributed by atoms with Gasteiger partial charge in [0.2, 0.25) is 11.8 Å². The summed E-state index contributed by atoms with van der Waals surface area (Å²) in [6.07, 6.45) is 1.75. The van der Waals surface area contributed by atoms with E-state index in [1.807, 2.05) is 0 Å². The molecule has 3 heterocycles. The van der Waals surface area contributed by atoms with E-state index >= 15 is 0 Å². The van der Waals surface area contributed by atoms with Gasteiger partial charge in [0, 0.05) is 39.3 Å². The lowest BCUT2D eigenvalue weighted by Crippen LogP contribution is -2.61. The first-order valence-electron chi connectivity index (χ1n) is 7.42. The van der Waals surface area contributed by atoms with E-state index in [9.17, 15) is 14.4 Å². The number of nitrogens with one attached hydrogen (secondary N) is 1. The van der Waals surface area contributed by atoms with Crippen molar-refractivity contribution in [3.05, 3.63) is 29.0 Å². The lowest BCUT2D eigenvalue weighted by atomic mass is 10.1. The Hall–Kier alpha value is -2.15. The van der Waals surface area contributed by atoms with E-state index in [2.05, 4.69) is 10.3 Å². The van der Waals surface area contributed by atoms with Gasteiger partial charge in [0.25, 0.3) is 5.91 Å². The first-order valence-corrected chi connectivity index (χ1v) is 7.80. The van der Waals surface area contributed by atoms with Crippen LogP contribution >= 0.6 is 11.6 Å². The number of hydrogen-bond donors (Lipinski definition) is 1. The van der Waals surface area contributed by atoms with E-state index in [-0.39, 0.29) is 41.8 Å². The molecule has 7 nitrogen and oxygen atoms in total. The van der Waals surface area contributed by atoms with E-state index in [0.717, 1.165) is 0 Å². The highest BCUT2D eigenvalue weighted by atomic mass is 35.5. The highest BCUT2D eigenvalue weighted by molar-refractivity contribution is 6.33. The predicted octanol–water partition coefficient (Wildman–Crippen LogP) is 0.154. The fourth-order valence-electron chi connectivity index (χ4n) is 2.98. The van der Waals surface area contributed by atoms with Gasteiger partial charge in [0.05, 0.1) is 17.0 Å². The van der Waals surface area contributed by atoms with Crippen LogP contribution in [0.5, 0.6) is 0 Å². The summed E-state index contributed by atoms with van der Waals surface area (Å²) in [6.45, 7) is 1.30. The Morgan fingerprint density at radius 1 is 1.35 bits per heavy atom. The molecule has 1 aromatic heterocycles. The molecule has 0 aromatic carbocycles. The Labute approximate surface area is 138 Å². The summed E-state index contributed by atoms with van der Waals surface area (Å²) in [5.41, 5.74) is 0.226. The second-order valence-corrected chi connectivity index (χ2v) is 6.17. The molecule has 2 fully saturated rings. The molecule has 0 aliphatic carbocycles. The van der Waals surface area contributed by atoms with E-state index in [4.69, 9.17) is 11.6 Å². The summed E-state index contributed by atoms with van der Waals surface area (Å²) in [4.78, 5) is 43.3. The molecule has 0 spiro atoms. The molecule has 8 heteroatoms. The van der Waals surface area contributed by atoms with Crippen molar-refractivity contribution in [2.24, 2.45) is 5.92 Å². The van der Waals surface area contributed by atoms with Gasteiger partial charge < -0.3 is 15.1 Å². The van der Waals surface area contributed by atoms with Gasteiger partial charge in [-0.2, -0.15) is 0 Å². The van der Waals surface area contributed by atoms with Crippen molar-refractivity contribution in [1.82, 2.24) is 20.1 Å². The topological polar surface area (TPSA) is 82.6 Å². The van der Waals surface area contributed by atoms with E-state index < -0.39 is 0 Å². The zero-order valence-electron chi connectivity index (χ0n) is 12.7. The Kier molecular flexibility index (Phi) is 4.21. The average Bonchev–Trinajstić information content (AvgIpc) is 2.87. The molecule has 3 rings (SSSR count). The van der Waals surface area contributed by atoms with Crippen LogP contribution in [-0.4, -0.2) is 65.2 Å². The molecular weight excluding hydrogens is 320 g/mol. The molecule has 1 N–H and O–H groups in total. The van der Waals surface area contributed by atoms with Crippen LogP contribution in [0.25, 0.3) is 0 Å². The zero-order chi connectivity index (χ0) is 16.6. The maximum absolute atomic E-state index is 12.3. The predicted molar refractivity (Wildman–Crippen MR) is 82.8 cm³/mol. The summed E-state index contributed by atoms with van der Waals surface area (Å²) in [7, 11) is 1.57. The molecule has 122 valence electrons. The van der Waals surface area contributed by atoms with Crippen LogP contribution in [-0.2, 0) is 9.59 Å². The van der Waals surface area contributed by atoms with Crippen molar-refractivity contribution in [2.45, 2.75) is 12.5 Å². The van der Waals surface area contributed by atoms with Gasteiger partial charge in [-0.25, -0.2) is 4.98 Å². The highest BCUT2D eigenvalue weighted by Crippen LogP contribution is 2.26. The maximum Gasteiger partial charge on any atom is 0.274 e. The Bertz CT molecular complexity index is 660. The van der Waals surface area contributed by atoms with Crippen LogP contribution < -0.4 is 5.32 Å². The molecule has 1 aromatic rings. The molecule has 3 amide bonds. The van der Waals surface area contributed by atoms with Gasteiger partial charge in [-0.1, -0.05) is 11.6 Å². The third-order valence-electron chi connectivity index (χ3n) is 4.33. The number of carbonyl (C=O) groups excluding carboxylic acids is 3. The fraction of sp³-hybridized carbons (Fsp3) is 0.467. The number of hydrogen-bond acceptors (Lipinski definition) is 4. The smallest absolute Gasteiger partial charge is 0.274 e. The minimum Gasteiger partial charge on any atom is -0.359 e. The standard InChI is InChI=1S/C15H17ClN4O3/c1-17-14(22)9-5-12(21)20(6-9)10-7-19(8-10)15(23)13-11(16)3-2-4-18-13/h2-4,9-10H,5-8H2,1H3,(H,17,22). The monoisotopic (exact) mass is 336 g/mol. The summed E-state index contributed by atoms with van der Waals surface area (Å²) in [6, 6.07) is 3.25. The lowest BCUT2D eigenvalue weighted by Gasteiger charge is -2.43. The normalized spacial score (nSPS) is 21.3. The van der Waals surface area contributed by atoms with Crippen LogP contribution in [0.2, 0.25) is 5.02 Å². The molecule has 2 aliphatic rings. The van der Waals surface area contributed by atoms with Gasteiger partial charge in [-0.15, -0.1) is 0 Å². The molecule has 1 atom stereocenters. The fourth-order valence-corrected chi connectivity index (χ4v) is 3.18. The minimum absolute atomic E-state index is 0.0356. The Morgan fingerprint density at radius 2 is 2.09 bits per heavy atom. The van der Waals surface area contributed by atoms with Gasteiger partial charge in [0.1, 0.15) is 5.69 Å². The first-order chi connectivity index (χ1) is 11.0. The quantitative estimate of drug-likeness (QED) is 0.852. The summed E-state index contributed by atoms with van der Waals surface area (Å²) >= 11 is 5.98. The zero-order valence-corrected chi connectivity index (χ0v) is 13.4. The van der Waals surface area contributed by atoms with Gasteiger partial charge in [0.15, 0.2) is 0 Å². The largest absolute Gasteiger partial charge is 0.359 e. The lowest BCUT2D eigenvalue weighted by molar-refractivity contribution is -0.132. The number of aromatic nitrogens is 1. The van der Waals surface area contributed by atoms with Crippen molar-refractivity contribution in [2.75, 3.05) is 26.7 Å². The molecule has 2 saturated heterocycles. The molecule has 0 bridgehead atoms. The Morgan fingerprint density at radius 3 is 2.74 bits per heavy atom. The van der Waals surface area contributed by atoms with Crippen LogP contribution in [0.15, 0.2) is 18.3 Å². The molecule has 1 unspecified atom stereocenters. The number of likely N-dealkylation sites (tertiary alicyclic amines) is 2. The highest BCUT2D eigenvalue weighted by Gasteiger charge is 2.43. The molecular formula is C15H17ClN4O3. The van der Waals surface area contributed by atoms with Crippen LogP contribution in [0.1, 0.15) is 16.9 Å². The van der Waals surface area contributed by atoms with Crippen molar-refractivity contribution < 1.29 is 14.4 Å². The SMILES string of the molecule is CNC(=O)C1CC(=O)N(C2CN(C(=O)c3ncccc3Cl)C2)C1. The number of amides is 3. The number of pyridine rings is 1. The summed E-state index contributed by atoms with van der Waals surface area (Å²) < 4.78 is 0. The van der Waals surface area contributed by atoms with Gasteiger partial charge >= 0.3 is 0 Å². The van der Waals surface area contributed by atoms with E-state index in [1.54, 1.807) is 29.0 Å². The number of nitrogens with zero attached hydrogens (tertiary/aromatic N) is 3. The first kappa shape index (κ1) is 15.7. The van der Waals surface area contributed by atoms with Gasteiger partial charge in [-0.3, -0.25) is 14.4 Å². The molecule has 0 radical (unpaired) electrons. The van der Waals surface area contributed by atoms with Crippen molar-refractivity contribution in [3.63, 3.8) is 0 Å². The average molecular weight is 337 g/mol. The van der Waals surface area contributed by atoms with Crippen LogP contribution in [0.4, 0.5) is 0 Å². The van der Waals surface area contributed by atoms with Crippen molar-refractivity contribution in [3.8, 4) is 0 Å². The van der Waals surface area contributed by atoms with E-state index in [1.165, 1.54) is 6.20 Å².